The van der Waals surface area contributed by atoms with E-state index in [4.69, 9.17) is 0 Å². The zero-order valence-corrected chi connectivity index (χ0v) is 9.68. The van der Waals surface area contributed by atoms with Crippen molar-refractivity contribution in [3.63, 3.8) is 0 Å². The predicted octanol–water partition coefficient (Wildman–Crippen LogP) is 0.0517. The fourth-order valence-electron chi connectivity index (χ4n) is 1.22. The standard InChI is InChI=1S/C9H15NSi/c1-7-8(10(2)3)5-4-6-9(7)11/h4-6H,1-3,11H3. The normalized spacial score (nSPS) is 10.1. The van der Waals surface area contributed by atoms with Crippen molar-refractivity contribution >= 4 is 21.1 Å². The Morgan fingerprint density at radius 1 is 1.27 bits per heavy atom. The highest BCUT2D eigenvalue weighted by molar-refractivity contribution is 6.33. The zero-order valence-electron chi connectivity index (χ0n) is 7.68. The fourth-order valence-corrected chi connectivity index (χ4v) is 1.67. The molecule has 0 aliphatic heterocycles. The molecule has 1 rings (SSSR count). The van der Waals surface area contributed by atoms with Crippen LogP contribution in [0, 0.1) is 6.92 Å². The minimum atomic E-state index is 1.14. The van der Waals surface area contributed by atoms with E-state index in [2.05, 4.69) is 44.1 Å². The summed E-state index contributed by atoms with van der Waals surface area (Å²) in [5.74, 6) is 0. The number of anilines is 1. The van der Waals surface area contributed by atoms with Crippen LogP contribution in [-0.2, 0) is 0 Å². The third-order valence-corrected chi connectivity index (χ3v) is 3.14. The highest BCUT2D eigenvalue weighted by Gasteiger charge is 2.00. The molecule has 0 aliphatic rings. The minimum Gasteiger partial charge on any atom is -0.377 e. The molecule has 0 aliphatic carbocycles. The molecule has 0 amide bonds. The molecule has 0 fully saturated rings. The van der Waals surface area contributed by atoms with E-state index in [1.807, 2.05) is 0 Å². The van der Waals surface area contributed by atoms with Crippen molar-refractivity contribution in [3.05, 3.63) is 23.8 Å². The van der Waals surface area contributed by atoms with E-state index < -0.39 is 0 Å². The van der Waals surface area contributed by atoms with Crippen LogP contribution in [-0.4, -0.2) is 24.3 Å². The van der Waals surface area contributed by atoms with Gasteiger partial charge in [-0.2, -0.15) is 0 Å². The van der Waals surface area contributed by atoms with Crippen LogP contribution < -0.4 is 10.1 Å². The second-order valence-corrected chi connectivity index (χ2v) is 4.19. The molecule has 0 spiro atoms. The average molecular weight is 165 g/mol. The average Bonchev–Trinajstić information content (AvgIpc) is 1.94. The van der Waals surface area contributed by atoms with E-state index in [9.17, 15) is 0 Å². The number of hydrogen-bond donors (Lipinski definition) is 0. The topological polar surface area (TPSA) is 3.24 Å². The molecule has 0 aromatic heterocycles. The summed E-state index contributed by atoms with van der Waals surface area (Å²) in [6, 6.07) is 6.50. The smallest absolute Gasteiger partial charge is 0.0389 e. The summed E-state index contributed by atoms with van der Waals surface area (Å²) in [6.07, 6.45) is 0. The summed E-state index contributed by atoms with van der Waals surface area (Å²) in [7, 11) is 5.32. The van der Waals surface area contributed by atoms with Crippen LogP contribution >= 0.6 is 0 Å². The molecule has 2 heteroatoms. The van der Waals surface area contributed by atoms with Gasteiger partial charge in [-0.3, -0.25) is 0 Å². The van der Waals surface area contributed by atoms with Crippen molar-refractivity contribution in [1.29, 1.82) is 0 Å². The van der Waals surface area contributed by atoms with Crippen LogP contribution in [0.15, 0.2) is 18.2 Å². The molecule has 0 radical (unpaired) electrons. The van der Waals surface area contributed by atoms with E-state index >= 15 is 0 Å². The van der Waals surface area contributed by atoms with Gasteiger partial charge in [0.15, 0.2) is 0 Å². The van der Waals surface area contributed by atoms with Crippen LogP contribution in [0.2, 0.25) is 0 Å². The third kappa shape index (κ3) is 1.63. The van der Waals surface area contributed by atoms with Gasteiger partial charge in [0.25, 0.3) is 0 Å². The van der Waals surface area contributed by atoms with Gasteiger partial charge in [-0.1, -0.05) is 17.3 Å². The molecule has 0 saturated carbocycles. The van der Waals surface area contributed by atoms with Crippen LogP contribution in [0.5, 0.6) is 0 Å². The molecule has 0 N–H and O–H groups in total. The molecule has 1 nitrogen and oxygen atoms in total. The van der Waals surface area contributed by atoms with Crippen LogP contribution in [0.3, 0.4) is 0 Å². The summed E-state index contributed by atoms with van der Waals surface area (Å²) in [6.45, 7) is 2.19. The third-order valence-electron chi connectivity index (χ3n) is 2.06. The monoisotopic (exact) mass is 165 g/mol. The number of nitrogens with zero attached hydrogens (tertiary/aromatic N) is 1. The highest BCUT2D eigenvalue weighted by atomic mass is 28.1. The van der Waals surface area contributed by atoms with Gasteiger partial charge in [0.1, 0.15) is 0 Å². The first-order chi connectivity index (χ1) is 5.13. The first-order valence-corrected chi connectivity index (χ1v) is 4.86. The quantitative estimate of drug-likeness (QED) is 0.532. The second kappa shape index (κ2) is 3.09. The van der Waals surface area contributed by atoms with Gasteiger partial charge in [0.05, 0.1) is 0 Å². The lowest BCUT2D eigenvalue weighted by molar-refractivity contribution is 1.12. The zero-order chi connectivity index (χ0) is 8.43. The molecular weight excluding hydrogens is 150 g/mol. The molecule has 1 aromatic rings. The first-order valence-electron chi connectivity index (χ1n) is 3.86. The Hall–Kier alpha value is -0.763. The lowest BCUT2D eigenvalue weighted by Crippen LogP contribution is -2.16. The lowest BCUT2D eigenvalue weighted by Gasteiger charge is -2.16. The molecule has 0 saturated heterocycles. The van der Waals surface area contributed by atoms with Crippen molar-refractivity contribution in [3.8, 4) is 0 Å². The van der Waals surface area contributed by atoms with E-state index in [0.29, 0.717) is 0 Å². The largest absolute Gasteiger partial charge is 0.377 e. The van der Waals surface area contributed by atoms with Crippen molar-refractivity contribution in [2.45, 2.75) is 6.92 Å². The van der Waals surface area contributed by atoms with Crippen molar-refractivity contribution in [1.82, 2.24) is 0 Å². The maximum Gasteiger partial charge on any atom is 0.0389 e. The van der Waals surface area contributed by atoms with Crippen molar-refractivity contribution in [2.75, 3.05) is 19.0 Å². The molecule has 0 atom stereocenters. The number of benzene rings is 1. The Morgan fingerprint density at radius 3 is 2.36 bits per heavy atom. The predicted molar refractivity (Wildman–Crippen MR) is 55.1 cm³/mol. The highest BCUT2D eigenvalue weighted by Crippen LogP contribution is 2.13. The maximum absolute atomic E-state index is 2.20. The van der Waals surface area contributed by atoms with E-state index in [1.54, 1.807) is 0 Å². The number of rotatable bonds is 1. The Bertz CT molecular complexity index is 256. The molecular formula is C9H15NSi. The maximum atomic E-state index is 2.20. The molecule has 1 aromatic carbocycles. The lowest BCUT2D eigenvalue weighted by atomic mass is 10.2. The van der Waals surface area contributed by atoms with Crippen LogP contribution in [0.4, 0.5) is 5.69 Å². The fraction of sp³-hybridized carbons (Fsp3) is 0.333. The van der Waals surface area contributed by atoms with Gasteiger partial charge in [-0.25, -0.2) is 0 Å². The molecule has 0 unspecified atom stereocenters. The van der Waals surface area contributed by atoms with Gasteiger partial charge in [0.2, 0.25) is 0 Å². The van der Waals surface area contributed by atoms with Gasteiger partial charge in [-0.15, -0.1) is 0 Å². The molecule has 11 heavy (non-hydrogen) atoms. The minimum absolute atomic E-state index is 1.14. The Morgan fingerprint density at radius 2 is 1.91 bits per heavy atom. The second-order valence-electron chi connectivity index (χ2n) is 3.11. The summed E-state index contributed by atoms with van der Waals surface area (Å²) in [5.41, 5.74) is 2.78. The van der Waals surface area contributed by atoms with E-state index in [0.717, 1.165) is 10.2 Å². The number of hydrogen-bond acceptors (Lipinski definition) is 1. The SMILES string of the molecule is Cc1c([SiH3])cccc1N(C)C. The van der Waals surface area contributed by atoms with E-state index in [1.165, 1.54) is 16.4 Å². The van der Waals surface area contributed by atoms with Crippen LogP contribution in [0.1, 0.15) is 5.56 Å². The molecule has 0 heterocycles. The van der Waals surface area contributed by atoms with Gasteiger partial charge in [-0.05, 0) is 18.6 Å². The molecule has 0 bridgehead atoms. The van der Waals surface area contributed by atoms with Crippen molar-refractivity contribution in [2.24, 2.45) is 0 Å². The van der Waals surface area contributed by atoms with Gasteiger partial charge in [0, 0.05) is 30.0 Å². The Kier molecular flexibility index (Phi) is 2.34. The summed E-state index contributed by atoms with van der Waals surface area (Å²) < 4.78 is 0. The first kappa shape index (κ1) is 8.33. The van der Waals surface area contributed by atoms with Gasteiger partial charge < -0.3 is 4.90 Å². The summed E-state index contributed by atoms with van der Waals surface area (Å²) in [5, 5.41) is 1.50. The molecule has 60 valence electrons. The van der Waals surface area contributed by atoms with Gasteiger partial charge >= 0.3 is 0 Å². The van der Waals surface area contributed by atoms with Crippen molar-refractivity contribution < 1.29 is 0 Å². The van der Waals surface area contributed by atoms with E-state index in [-0.39, 0.29) is 0 Å². The summed E-state index contributed by atoms with van der Waals surface area (Å²) >= 11 is 0. The van der Waals surface area contributed by atoms with Crippen LogP contribution in [0.25, 0.3) is 0 Å². The Balaban J connectivity index is 3.17. The summed E-state index contributed by atoms with van der Waals surface area (Å²) in [4.78, 5) is 2.16. The Labute approximate surface area is 71.5 Å².